The second kappa shape index (κ2) is 10.4. The lowest BCUT2D eigenvalue weighted by Crippen LogP contribution is -2.44. The third-order valence-corrected chi connectivity index (χ3v) is 7.69. The van der Waals surface area contributed by atoms with E-state index in [1.807, 2.05) is 39.4 Å². The van der Waals surface area contributed by atoms with Crippen molar-refractivity contribution in [3.05, 3.63) is 60.0 Å². The molecule has 1 aromatic heterocycles. The minimum absolute atomic E-state index is 0.179. The molecule has 1 saturated carbocycles. The van der Waals surface area contributed by atoms with E-state index in [0.29, 0.717) is 6.54 Å². The van der Waals surface area contributed by atoms with Gasteiger partial charge in [0.05, 0.1) is 28.0 Å². The largest absolute Gasteiger partial charge is 0.489 e. The molecule has 1 aromatic carbocycles. The summed E-state index contributed by atoms with van der Waals surface area (Å²) in [5.41, 5.74) is 5.46. The summed E-state index contributed by atoms with van der Waals surface area (Å²) in [5.74, 6) is 0.376. The van der Waals surface area contributed by atoms with Crippen LogP contribution in [0.2, 0.25) is 0 Å². The predicted molar refractivity (Wildman–Crippen MR) is 141 cm³/mol. The standard InChI is InChI=1S/C28H37N3O3S/c1-7-31-14-8-9-23(31)18(2)29-16-21-11-10-20(26-19(3)30-17-35-26)15-25(21)33-24-13-12-22(24)27(32)34-28(4,5)6/h7,10-11,15,17,22-24,29H,1-2,8-9,12-14,16H2,3-6H3. The molecule has 1 saturated heterocycles. The van der Waals surface area contributed by atoms with E-state index in [1.54, 1.807) is 11.3 Å². The Bertz CT molecular complexity index is 1090. The number of hydrogen-bond donors (Lipinski definition) is 1. The van der Waals surface area contributed by atoms with E-state index < -0.39 is 5.60 Å². The van der Waals surface area contributed by atoms with E-state index in [2.05, 4.69) is 46.6 Å². The first-order valence-electron chi connectivity index (χ1n) is 12.4. The highest BCUT2D eigenvalue weighted by Gasteiger charge is 2.41. The van der Waals surface area contributed by atoms with Crippen LogP contribution in [-0.4, -0.2) is 40.1 Å². The molecule has 0 amide bonds. The van der Waals surface area contributed by atoms with Crippen LogP contribution in [0.25, 0.3) is 10.4 Å². The van der Waals surface area contributed by atoms with Gasteiger partial charge in [0.1, 0.15) is 17.5 Å². The fourth-order valence-electron chi connectivity index (χ4n) is 4.66. The number of ether oxygens (including phenoxy) is 2. The number of nitrogens with zero attached hydrogens (tertiary/aromatic N) is 2. The van der Waals surface area contributed by atoms with Crippen LogP contribution in [0.1, 0.15) is 57.7 Å². The molecule has 2 fully saturated rings. The maximum atomic E-state index is 12.7. The van der Waals surface area contributed by atoms with Gasteiger partial charge in [-0.3, -0.25) is 4.79 Å². The first kappa shape index (κ1) is 25.3. The number of carbonyl (C=O) groups excluding carboxylic acids is 1. The van der Waals surface area contributed by atoms with E-state index in [-0.39, 0.29) is 24.0 Å². The van der Waals surface area contributed by atoms with Gasteiger partial charge in [-0.2, -0.15) is 0 Å². The molecule has 4 rings (SSSR count). The summed E-state index contributed by atoms with van der Waals surface area (Å²) in [6, 6.07) is 6.56. The smallest absolute Gasteiger partial charge is 0.313 e. The van der Waals surface area contributed by atoms with Crippen molar-refractivity contribution in [1.29, 1.82) is 0 Å². The number of thiazole rings is 1. The normalized spacial score (nSPS) is 21.8. The third kappa shape index (κ3) is 5.89. The lowest BCUT2D eigenvalue weighted by Gasteiger charge is -2.37. The van der Waals surface area contributed by atoms with Crippen LogP contribution in [0.3, 0.4) is 0 Å². The Morgan fingerprint density at radius 3 is 2.74 bits per heavy atom. The number of rotatable bonds is 9. The quantitative estimate of drug-likeness (QED) is 0.442. The maximum Gasteiger partial charge on any atom is 0.313 e. The summed E-state index contributed by atoms with van der Waals surface area (Å²) < 4.78 is 12.1. The highest BCUT2D eigenvalue weighted by atomic mass is 32.1. The number of benzene rings is 1. The molecule has 2 heterocycles. The Hall–Kier alpha value is -2.80. The van der Waals surface area contributed by atoms with Crippen molar-refractivity contribution in [3.8, 4) is 16.2 Å². The summed E-state index contributed by atoms with van der Waals surface area (Å²) in [4.78, 5) is 20.5. The van der Waals surface area contributed by atoms with E-state index >= 15 is 0 Å². The first-order valence-corrected chi connectivity index (χ1v) is 13.3. The van der Waals surface area contributed by atoms with Crippen LogP contribution < -0.4 is 10.1 Å². The highest BCUT2D eigenvalue weighted by Crippen LogP contribution is 2.38. The van der Waals surface area contributed by atoms with Crippen LogP contribution in [0, 0.1) is 12.8 Å². The van der Waals surface area contributed by atoms with Crippen LogP contribution >= 0.6 is 11.3 Å². The van der Waals surface area contributed by atoms with Gasteiger partial charge in [0.25, 0.3) is 0 Å². The number of aryl methyl sites for hydroxylation is 1. The molecule has 2 aromatic rings. The number of esters is 1. The van der Waals surface area contributed by atoms with Crippen molar-refractivity contribution in [3.63, 3.8) is 0 Å². The second-order valence-electron chi connectivity index (χ2n) is 10.4. The Kier molecular flexibility index (Phi) is 7.55. The maximum absolute atomic E-state index is 12.7. The van der Waals surface area contributed by atoms with Gasteiger partial charge in [-0.1, -0.05) is 25.3 Å². The second-order valence-corrected chi connectivity index (χ2v) is 11.3. The third-order valence-electron chi connectivity index (χ3n) is 6.71. The van der Waals surface area contributed by atoms with Crippen LogP contribution in [0.15, 0.2) is 48.8 Å². The predicted octanol–water partition coefficient (Wildman–Crippen LogP) is 5.83. The number of hydrogen-bond acceptors (Lipinski definition) is 7. The fraction of sp³-hybridized carbons (Fsp3) is 0.500. The lowest BCUT2D eigenvalue weighted by atomic mass is 9.81. The number of carbonyl (C=O) groups is 1. The van der Waals surface area contributed by atoms with Gasteiger partial charge in [0, 0.05) is 24.4 Å². The van der Waals surface area contributed by atoms with Crippen molar-refractivity contribution < 1.29 is 14.3 Å². The summed E-state index contributed by atoms with van der Waals surface area (Å²) >= 11 is 1.62. The molecule has 6 nitrogen and oxygen atoms in total. The van der Waals surface area contributed by atoms with Gasteiger partial charge in [-0.25, -0.2) is 4.98 Å². The van der Waals surface area contributed by atoms with Crippen molar-refractivity contribution in [2.45, 2.75) is 77.7 Å². The zero-order valence-corrected chi connectivity index (χ0v) is 22.1. The van der Waals surface area contributed by atoms with Gasteiger partial charge < -0.3 is 19.7 Å². The molecule has 1 aliphatic carbocycles. The Balaban J connectivity index is 1.52. The van der Waals surface area contributed by atoms with E-state index in [4.69, 9.17) is 9.47 Å². The topological polar surface area (TPSA) is 63.7 Å². The summed E-state index contributed by atoms with van der Waals surface area (Å²) in [6.07, 6.45) is 5.56. The molecule has 3 atom stereocenters. The molecule has 2 aliphatic rings. The molecule has 7 heteroatoms. The molecular weight excluding hydrogens is 458 g/mol. The lowest BCUT2D eigenvalue weighted by molar-refractivity contribution is -0.168. The van der Waals surface area contributed by atoms with Gasteiger partial charge in [-0.05, 0) is 71.2 Å². The molecule has 1 N–H and O–H groups in total. The summed E-state index contributed by atoms with van der Waals surface area (Å²) in [5, 5.41) is 3.52. The van der Waals surface area contributed by atoms with Crippen molar-refractivity contribution in [1.82, 2.24) is 15.2 Å². The molecule has 188 valence electrons. The van der Waals surface area contributed by atoms with Crippen molar-refractivity contribution in [2.24, 2.45) is 5.92 Å². The molecule has 3 unspecified atom stereocenters. The number of nitrogens with one attached hydrogen (secondary N) is 1. The molecule has 0 bridgehead atoms. The average molecular weight is 496 g/mol. The fourth-order valence-corrected chi connectivity index (χ4v) is 5.46. The van der Waals surface area contributed by atoms with Crippen LogP contribution in [0.4, 0.5) is 0 Å². The van der Waals surface area contributed by atoms with Gasteiger partial charge in [0.2, 0.25) is 0 Å². The van der Waals surface area contributed by atoms with E-state index in [0.717, 1.165) is 65.4 Å². The monoisotopic (exact) mass is 495 g/mol. The summed E-state index contributed by atoms with van der Waals surface area (Å²) in [6.45, 7) is 17.6. The Labute approximate surface area is 213 Å². The van der Waals surface area contributed by atoms with Gasteiger partial charge >= 0.3 is 5.97 Å². The Morgan fingerprint density at radius 1 is 1.31 bits per heavy atom. The Morgan fingerprint density at radius 2 is 2.11 bits per heavy atom. The molecule has 0 radical (unpaired) electrons. The molecule has 35 heavy (non-hydrogen) atoms. The minimum atomic E-state index is -0.504. The number of aromatic nitrogens is 1. The van der Waals surface area contributed by atoms with Crippen molar-refractivity contribution in [2.75, 3.05) is 6.54 Å². The summed E-state index contributed by atoms with van der Waals surface area (Å²) in [7, 11) is 0. The molecule has 0 spiro atoms. The van der Waals surface area contributed by atoms with Crippen LogP contribution in [0.5, 0.6) is 5.75 Å². The minimum Gasteiger partial charge on any atom is -0.489 e. The van der Waals surface area contributed by atoms with Crippen LogP contribution in [-0.2, 0) is 16.1 Å². The van der Waals surface area contributed by atoms with E-state index in [1.165, 1.54) is 0 Å². The van der Waals surface area contributed by atoms with Gasteiger partial charge in [0.15, 0.2) is 0 Å². The molecule has 1 aliphatic heterocycles. The number of likely N-dealkylation sites (tertiary alicyclic amines) is 1. The highest BCUT2D eigenvalue weighted by molar-refractivity contribution is 7.13. The van der Waals surface area contributed by atoms with E-state index in [9.17, 15) is 4.79 Å². The van der Waals surface area contributed by atoms with Gasteiger partial charge in [-0.15, -0.1) is 11.3 Å². The average Bonchev–Trinajstić information content (AvgIpc) is 3.42. The molecular formula is C28H37N3O3S. The SMILES string of the molecule is C=CN1CCCC1C(=C)NCc1ccc(-c2scnc2C)cc1OC1CCC1C(=O)OC(C)(C)C. The van der Waals surface area contributed by atoms with Crippen molar-refractivity contribution >= 4 is 17.3 Å². The zero-order chi connectivity index (χ0) is 25.2. The zero-order valence-electron chi connectivity index (χ0n) is 21.3. The first-order chi connectivity index (χ1) is 16.7.